The van der Waals surface area contributed by atoms with Crippen molar-refractivity contribution in [3.63, 3.8) is 0 Å². The van der Waals surface area contributed by atoms with E-state index in [0.29, 0.717) is 24.4 Å². The Labute approximate surface area is 121 Å². The van der Waals surface area contributed by atoms with Gasteiger partial charge >= 0.3 is 0 Å². The predicted molar refractivity (Wildman–Crippen MR) is 73.7 cm³/mol. The lowest BCUT2D eigenvalue weighted by molar-refractivity contribution is 0.130. The summed E-state index contributed by atoms with van der Waals surface area (Å²) in [5.41, 5.74) is 1.03. The number of sulfonamides is 1. The van der Waals surface area contributed by atoms with E-state index in [1.165, 1.54) is 21.3 Å². The zero-order chi connectivity index (χ0) is 14.9. The molecule has 1 aliphatic rings. The Morgan fingerprint density at radius 3 is 2.90 bits per heavy atom. The monoisotopic (exact) mass is 311 g/mol. The molecule has 6 nitrogen and oxygen atoms in total. The maximum atomic E-state index is 13.7. The Hall–Kier alpha value is -1.77. The molecule has 0 atom stereocenters. The minimum atomic E-state index is -3.39. The van der Waals surface area contributed by atoms with E-state index in [4.69, 9.17) is 4.74 Å². The highest BCUT2D eigenvalue weighted by Gasteiger charge is 2.26. The van der Waals surface area contributed by atoms with Crippen LogP contribution in [0.2, 0.25) is 0 Å². The van der Waals surface area contributed by atoms with Crippen LogP contribution in [0.1, 0.15) is 5.56 Å². The second-order valence-electron chi connectivity index (χ2n) is 4.72. The number of hydrogen-bond donors (Lipinski definition) is 0. The Morgan fingerprint density at radius 2 is 2.14 bits per heavy atom. The highest BCUT2D eigenvalue weighted by atomic mass is 32.2. The third-order valence-corrected chi connectivity index (χ3v) is 4.77. The van der Waals surface area contributed by atoms with Crippen LogP contribution in [0.3, 0.4) is 0 Å². The lowest BCUT2D eigenvalue weighted by Gasteiger charge is -2.25. The summed E-state index contributed by atoms with van der Waals surface area (Å²) in [5.74, 6) is -0.680. The van der Waals surface area contributed by atoms with Crippen LogP contribution in [0.15, 0.2) is 36.7 Å². The average molecular weight is 311 g/mol. The maximum Gasteiger partial charge on any atom is 0.238 e. The largest absolute Gasteiger partial charge is 0.363 e. The fraction of sp³-hybridized carbons (Fsp3) is 0.308. The number of halogens is 1. The molecule has 8 heteroatoms. The number of hydrogen-bond acceptors (Lipinski definition) is 4. The highest BCUT2D eigenvalue weighted by molar-refractivity contribution is 7.88. The minimum Gasteiger partial charge on any atom is -0.363 e. The molecule has 1 aromatic carbocycles. The molecule has 112 valence electrons. The standard InChI is InChI=1S/C13H14FN3O3S/c14-12-3-1-2-4-13(12)17-9-11(7-15-17)8-16-5-6-20-10-21(16,18)19/h1-4,7,9H,5-6,8,10H2. The first-order valence-corrected chi connectivity index (χ1v) is 8.01. The second kappa shape index (κ2) is 5.55. The van der Waals surface area contributed by atoms with Gasteiger partial charge in [0, 0.05) is 24.8 Å². The summed E-state index contributed by atoms with van der Waals surface area (Å²) in [6.45, 7) is 0.897. The van der Waals surface area contributed by atoms with E-state index in [1.807, 2.05) is 0 Å². The molecule has 0 amide bonds. The number of para-hydroxylation sites is 1. The van der Waals surface area contributed by atoms with Crippen molar-refractivity contribution in [2.45, 2.75) is 6.54 Å². The van der Waals surface area contributed by atoms with Gasteiger partial charge in [0.05, 0.1) is 12.8 Å². The first-order chi connectivity index (χ1) is 10.1. The Morgan fingerprint density at radius 1 is 1.33 bits per heavy atom. The summed E-state index contributed by atoms with van der Waals surface area (Å²) in [6, 6.07) is 6.27. The number of ether oxygens (including phenoxy) is 1. The third kappa shape index (κ3) is 2.97. The van der Waals surface area contributed by atoms with Crippen LogP contribution < -0.4 is 0 Å². The van der Waals surface area contributed by atoms with Gasteiger partial charge < -0.3 is 4.74 Å². The lowest BCUT2D eigenvalue weighted by atomic mass is 10.3. The van der Waals surface area contributed by atoms with E-state index in [9.17, 15) is 12.8 Å². The van der Waals surface area contributed by atoms with Crippen LogP contribution in [0.25, 0.3) is 5.69 Å². The molecule has 21 heavy (non-hydrogen) atoms. The average Bonchev–Trinajstić information content (AvgIpc) is 2.90. The Bertz CT molecular complexity index is 745. The summed E-state index contributed by atoms with van der Waals surface area (Å²) in [4.78, 5) is 0. The number of benzene rings is 1. The van der Waals surface area contributed by atoms with Crippen LogP contribution in [0, 0.1) is 5.82 Å². The molecule has 0 aliphatic carbocycles. The summed E-state index contributed by atoms with van der Waals surface area (Å²) in [5, 5.41) is 4.08. The molecule has 0 saturated carbocycles. The van der Waals surface area contributed by atoms with Gasteiger partial charge in [0.15, 0.2) is 5.94 Å². The van der Waals surface area contributed by atoms with Gasteiger partial charge in [-0.15, -0.1) is 0 Å². The van der Waals surface area contributed by atoms with Gasteiger partial charge in [-0.2, -0.15) is 9.40 Å². The first-order valence-electron chi connectivity index (χ1n) is 6.40. The van der Waals surface area contributed by atoms with E-state index in [-0.39, 0.29) is 18.3 Å². The van der Waals surface area contributed by atoms with E-state index in [2.05, 4.69) is 5.10 Å². The van der Waals surface area contributed by atoms with Crippen LogP contribution >= 0.6 is 0 Å². The SMILES string of the molecule is O=S1(=O)COCCN1Cc1cnn(-c2ccccc2F)c1. The van der Waals surface area contributed by atoms with Gasteiger partial charge in [0.1, 0.15) is 11.5 Å². The van der Waals surface area contributed by atoms with Gasteiger partial charge in [0.25, 0.3) is 0 Å². The van der Waals surface area contributed by atoms with Gasteiger partial charge in [-0.1, -0.05) is 12.1 Å². The van der Waals surface area contributed by atoms with Crippen LogP contribution in [-0.2, 0) is 21.3 Å². The maximum absolute atomic E-state index is 13.7. The first kappa shape index (κ1) is 14.2. The molecule has 0 bridgehead atoms. The van der Waals surface area contributed by atoms with Crippen LogP contribution in [0.4, 0.5) is 4.39 Å². The fourth-order valence-electron chi connectivity index (χ4n) is 2.14. The summed E-state index contributed by atoms with van der Waals surface area (Å²) < 4.78 is 45.0. The molecule has 0 N–H and O–H groups in total. The zero-order valence-corrected chi connectivity index (χ0v) is 12.0. The van der Waals surface area contributed by atoms with Crippen molar-refractivity contribution in [1.82, 2.24) is 14.1 Å². The highest BCUT2D eigenvalue weighted by Crippen LogP contribution is 2.16. The minimum absolute atomic E-state index is 0.208. The van der Waals surface area contributed by atoms with Crippen molar-refractivity contribution in [3.8, 4) is 5.69 Å². The molecule has 1 fully saturated rings. The van der Waals surface area contributed by atoms with Gasteiger partial charge in [-0.05, 0) is 12.1 Å². The molecule has 2 heterocycles. The van der Waals surface area contributed by atoms with Crippen molar-refractivity contribution in [3.05, 3.63) is 48.0 Å². The van der Waals surface area contributed by atoms with E-state index < -0.39 is 10.0 Å². The number of rotatable bonds is 3. The van der Waals surface area contributed by atoms with Crippen molar-refractivity contribution in [2.24, 2.45) is 0 Å². The van der Waals surface area contributed by atoms with Gasteiger partial charge in [-0.25, -0.2) is 17.5 Å². The molecule has 3 rings (SSSR count). The van der Waals surface area contributed by atoms with Crippen LogP contribution in [0.5, 0.6) is 0 Å². The molecule has 0 spiro atoms. The summed E-state index contributed by atoms with van der Waals surface area (Å²) >= 11 is 0. The molecule has 2 aromatic rings. The fourth-order valence-corrected chi connectivity index (χ4v) is 3.31. The molecule has 1 aromatic heterocycles. The smallest absolute Gasteiger partial charge is 0.238 e. The summed E-state index contributed by atoms with van der Waals surface area (Å²) in [7, 11) is -3.39. The van der Waals surface area contributed by atoms with Gasteiger partial charge in [-0.3, -0.25) is 0 Å². The van der Waals surface area contributed by atoms with Gasteiger partial charge in [0.2, 0.25) is 10.0 Å². The van der Waals surface area contributed by atoms with Crippen molar-refractivity contribution in [2.75, 3.05) is 19.1 Å². The number of aromatic nitrogens is 2. The van der Waals surface area contributed by atoms with Crippen molar-refractivity contribution in [1.29, 1.82) is 0 Å². The predicted octanol–water partition coefficient (Wildman–Crippen LogP) is 1.13. The quantitative estimate of drug-likeness (QED) is 0.852. The van der Waals surface area contributed by atoms with E-state index >= 15 is 0 Å². The summed E-state index contributed by atoms with van der Waals surface area (Å²) in [6.07, 6.45) is 3.17. The Kier molecular flexibility index (Phi) is 3.75. The Balaban J connectivity index is 1.81. The van der Waals surface area contributed by atoms with E-state index in [0.717, 1.165) is 0 Å². The zero-order valence-electron chi connectivity index (χ0n) is 11.1. The number of nitrogens with zero attached hydrogens (tertiary/aromatic N) is 3. The molecular weight excluding hydrogens is 297 g/mol. The molecule has 1 saturated heterocycles. The lowest BCUT2D eigenvalue weighted by Crippen LogP contribution is -2.40. The molecule has 0 unspecified atom stereocenters. The normalized spacial score (nSPS) is 18.7. The topological polar surface area (TPSA) is 64.4 Å². The second-order valence-corrected chi connectivity index (χ2v) is 6.63. The molecular formula is C13H14FN3O3S. The van der Waals surface area contributed by atoms with Crippen molar-refractivity contribution < 1.29 is 17.5 Å². The van der Waals surface area contributed by atoms with Crippen molar-refractivity contribution >= 4 is 10.0 Å². The third-order valence-electron chi connectivity index (χ3n) is 3.20. The molecule has 1 aliphatic heterocycles. The van der Waals surface area contributed by atoms with E-state index in [1.54, 1.807) is 24.4 Å². The van der Waals surface area contributed by atoms with Crippen LogP contribution in [-0.4, -0.2) is 41.6 Å². The molecule has 0 radical (unpaired) electrons.